The average Bonchev–Trinajstić information content (AvgIpc) is 2.95. The van der Waals surface area contributed by atoms with E-state index in [-0.39, 0.29) is 0 Å². The predicted octanol–water partition coefficient (Wildman–Crippen LogP) is 3.52. The Morgan fingerprint density at radius 3 is 1.17 bits per heavy atom. The van der Waals surface area contributed by atoms with Crippen molar-refractivity contribution < 1.29 is 13.3 Å². The molecule has 1 radical (unpaired) electrons. The molecule has 0 saturated carbocycles. The van der Waals surface area contributed by atoms with E-state index in [0.29, 0.717) is 0 Å². The minimum atomic E-state index is -2.79. The van der Waals surface area contributed by atoms with Crippen LogP contribution in [0.3, 0.4) is 0 Å². The fourth-order valence-electron chi connectivity index (χ4n) is 5.08. The maximum Gasteiger partial charge on any atom is 0.499 e. The molecule has 0 heterocycles. The second kappa shape index (κ2) is 11.9. The number of rotatable bonds is 11. The number of hydrogen-bond acceptors (Lipinski definition) is 3. The molecule has 179 valence electrons. The molecule has 35 heavy (non-hydrogen) atoms. The molecule has 0 amide bonds. The van der Waals surface area contributed by atoms with E-state index in [4.69, 9.17) is 13.3 Å². The molecule has 0 fully saturated rings. The Morgan fingerprint density at radius 2 is 0.829 bits per heavy atom. The van der Waals surface area contributed by atoms with Gasteiger partial charge in [-0.15, -0.1) is 0 Å². The van der Waals surface area contributed by atoms with Gasteiger partial charge in [0.25, 0.3) is 0 Å². The summed E-state index contributed by atoms with van der Waals surface area (Å²) in [5.74, 6) is 0. The molecule has 4 aromatic carbocycles. The molecule has 0 aliphatic heterocycles. The van der Waals surface area contributed by atoms with Crippen LogP contribution in [-0.4, -0.2) is 46.0 Å². The van der Waals surface area contributed by atoms with Crippen LogP contribution in [0, 0.1) is 0 Å². The van der Waals surface area contributed by atoms with Crippen molar-refractivity contribution in [1.82, 2.24) is 0 Å². The van der Waals surface area contributed by atoms with Crippen molar-refractivity contribution in [3.05, 3.63) is 121 Å². The summed E-state index contributed by atoms with van der Waals surface area (Å²) < 4.78 is 17.8. The molecule has 0 unspecified atom stereocenters. The highest BCUT2D eigenvalue weighted by Gasteiger charge is 2.50. The molecule has 0 aliphatic rings. The standard InChI is InChI=1S/C29H33O3Si3/c1-30-35(31-2,32-3)25-24-34(28-20-12-6-13-21-28,29-22-14-7-15-23-29)33(26-16-8-4-9-17-26)27-18-10-5-11-19-27/h4-23H,24-25H2,1-3H3. The van der Waals surface area contributed by atoms with Gasteiger partial charge in [0, 0.05) is 27.4 Å². The first-order valence-corrected chi connectivity index (χ1v) is 18.6. The van der Waals surface area contributed by atoms with Crippen LogP contribution in [0.2, 0.25) is 12.1 Å². The van der Waals surface area contributed by atoms with Crippen LogP contribution in [-0.2, 0) is 13.3 Å². The van der Waals surface area contributed by atoms with Crippen LogP contribution >= 0.6 is 0 Å². The summed E-state index contributed by atoms with van der Waals surface area (Å²) in [6.07, 6.45) is 0. The van der Waals surface area contributed by atoms with Crippen LogP contribution in [0.5, 0.6) is 0 Å². The minimum Gasteiger partial charge on any atom is -0.377 e. The summed E-state index contributed by atoms with van der Waals surface area (Å²) in [5.41, 5.74) is 0. The lowest BCUT2D eigenvalue weighted by molar-refractivity contribution is 0.125. The second-order valence-electron chi connectivity index (χ2n) is 8.54. The summed E-state index contributed by atoms with van der Waals surface area (Å²) in [7, 11) is -1.32. The molecule has 0 aromatic heterocycles. The highest BCUT2D eigenvalue weighted by molar-refractivity contribution is 7.51. The lowest BCUT2D eigenvalue weighted by atomic mass is 10.4. The van der Waals surface area contributed by atoms with Crippen LogP contribution < -0.4 is 20.7 Å². The van der Waals surface area contributed by atoms with Gasteiger partial charge in [0.1, 0.15) is 15.9 Å². The Bertz CT molecular complexity index is 1070. The van der Waals surface area contributed by atoms with Crippen molar-refractivity contribution in [3.8, 4) is 0 Å². The smallest absolute Gasteiger partial charge is 0.377 e. The monoisotopic (exact) mass is 513 g/mol. The molecular weight excluding hydrogens is 481 g/mol. The maximum atomic E-state index is 5.92. The van der Waals surface area contributed by atoms with E-state index in [0.717, 1.165) is 12.1 Å². The zero-order valence-electron chi connectivity index (χ0n) is 20.7. The van der Waals surface area contributed by atoms with Gasteiger partial charge in [-0.2, -0.15) is 0 Å². The molecule has 4 rings (SSSR count). The molecule has 4 aromatic rings. The Morgan fingerprint density at radius 1 is 0.486 bits per heavy atom. The Hall–Kier alpha value is -2.59. The first kappa shape index (κ1) is 25.5. The summed E-state index contributed by atoms with van der Waals surface area (Å²) in [5, 5.41) is 5.75. The predicted molar refractivity (Wildman–Crippen MR) is 152 cm³/mol. The third kappa shape index (κ3) is 5.33. The van der Waals surface area contributed by atoms with Crippen LogP contribution in [0.25, 0.3) is 0 Å². The summed E-state index contributed by atoms with van der Waals surface area (Å²) >= 11 is 0. The molecule has 0 bridgehead atoms. The van der Waals surface area contributed by atoms with Gasteiger partial charge in [0.2, 0.25) is 0 Å². The van der Waals surface area contributed by atoms with Crippen molar-refractivity contribution in [3.63, 3.8) is 0 Å². The van der Waals surface area contributed by atoms with Crippen molar-refractivity contribution in [2.45, 2.75) is 12.1 Å². The van der Waals surface area contributed by atoms with Crippen LogP contribution in [0.15, 0.2) is 121 Å². The molecule has 6 heteroatoms. The van der Waals surface area contributed by atoms with Gasteiger partial charge < -0.3 is 13.3 Å². The van der Waals surface area contributed by atoms with Crippen molar-refractivity contribution in [1.29, 1.82) is 0 Å². The van der Waals surface area contributed by atoms with E-state index < -0.39 is 24.7 Å². The van der Waals surface area contributed by atoms with Crippen molar-refractivity contribution in [2.75, 3.05) is 21.3 Å². The minimum absolute atomic E-state index is 0.764. The highest BCUT2D eigenvalue weighted by Crippen LogP contribution is 2.25. The normalized spacial score (nSPS) is 12.1. The lowest BCUT2D eigenvalue weighted by Gasteiger charge is -2.41. The zero-order chi connectivity index (χ0) is 24.6. The lowest BCUT2D eigenvalue weighted by Crippen LogP contribution is -2.76. The molecule has 0 atom stereocenters. The van der Waals surface area contributed by atoms with Gasteiger partial charge >= 0.3 is 8.80 Å². The third-order valence-corrected chi connectivity index (χ3v) is 23.1. The Balaban J connectivity index is 2.03. The van der Waals surface area contributed by atoms with Gasteiger partial charge in [-0.1, -0.05) is 142 Å². The third-order valence-electron chi connectivity index (χ3n) is 6.82. The van der Waals surface area contributed by atoms with E-state index >= 15 is 0 Å². The second-order valence-corrected chi connectivity index (χ2v) is 21.1. The first-order valence-electron chi connectivity index (χ1n) is 11.9. The number of hydrogen-bond donors (Lipinski definition) is 0. The van der Waals surface area contributed by atoms with Gasteiger partial charge in [-0.3, -0.25) is 0 Å². The molecular formula is C29H33O3Si3. The van der Waals surface area contributed by atoms with Crippen molar-refractivity contribution in [2.24, 2.45) is 0 Å². The average molecular weight is 514 g/mol. The number of benzene rings is 4. The fourth-order valence-corrected chi connectivity index (χ4v) is 23.1. The van der Waals surface area contributed by atoms with Gasteiger partial charge in [-0.25, -0.2) is 0 Å². The van der Waals surface area contributed by atoms with E-state index in [1.54, 1.807) is 21.3 Å². The largest absolute Gasteiger partial charge is 0.499 e. The SMILES string of the molecule is CO[Si](CC[Si](c1ccccc1)(c1ccccc1)[Si](c1ccccc1)c1ccccc1)(OC)OC. The van der Waals surface area contributed by atoms with Crippen LogP contribution in [0.4, 0.5) is 0 Å². The van der Waals surface area contributed by atoms with Crippen LogP contribution in [0.1, 0.15) is 0 Å². The summed E-state index contributed by atoms with van der Waals surface area (Å²) in [6, 6.07) is 46.3. The molecule has 0 aliphatic carbocycles. The molecule has 0 N–H and O–H groups in total. The fraction of sp³-hybridized carbons (Fsp3) is 0.172. The summed E-state index contributed by atoms with van der Waals surface area (Å²) in [6.45, 7) is 0. The van der Waals surface area contributed by atoms with E-state index in [1.165, 1.54) is 20.7 Å². The molecule has 3 nitrogen and oxygen atoms in total. The Kier molecular flexibility index (Phi) is 8.67. The quantitative estimate of drug-likeness (QED) is 0.287. The maximum absolute atomic E-state index is 5.92. The summed E-state index contributed by atoms with van der Waals surface area (Å²) in [4.78, 5) is 0. The van der Waals surface area contributed by atoms with Gasteiger partial charge in [0.05, 0.1) is 0 Å². The van der Waals surface area contributed by atoms with Gasteiger partial charge in [-0.05, 0) is 6.04 Å². The highest BCUT2D eigenvalue weighted by atomic mass is 29.2. The zero-order valence-corrected chi connectivity index (χ0v) is 23.7. The first-order chi connectivity index (χ1) is 17.2. The molecule has 0 saturated heterocycles. The Labute approximate surface area is 213 Å². The molecule has 0 spiro atoms. The van der Waals surface area contributed by atoms with Crippen molar-refractivity contribution >= 4 is 45.5 Å². The topological polar surface area (TPSA) is 27.7 Å². The van der Waals surface area contributed by atoms with Gasteiger partial charge in [0.15, 0.2) is 0 Å². The van der Waals surface area contributed by atoms with E-state index in [9.17, 15) is 0 Å². The van der Waals surface area contributed by atoms with E-state index in [1.807, 2.05) is 0 Å². The van der Waals surface area contributed by atoms with E-state index in [2.05, 4.69) is 121 Å².